The maximum atomic E-state index is 14.1. The van der Waals surface area contributed by atoms with Gasteiger partial charge in [0.2, 0.25) is 5.91 Å². The first-order valence-electron chi connectivity index (χ1n) is 13.6. The van der Waals surface area contributed by atoms with Crippen LogP contribution in [-0.4, -0.2) is 61.5 Å². The van der Waals surface area contributed by atoms with Gasteiger partial charge in [0.15, 0.2) is 0 Å². The van der Waals surface area contributed by atoms with Gasteiger partial charge >= 0.3 is 12.3 Å². The summed E-state index contributed by atoms with van der Waals surface area (Å²) in [6, 6.07) is 6.73. The van der Waals surface area contributed by atoms with E-state index in [-0.39, 0.29) is 47.0 Å². The number of ether oxygens (including phenoxy) is 1. The Balaban J connectivity index is 1.45. The summed E-state index contributed by atoms with van der Waals surface area (Å²) in [5, 5.41) is 19.5. The van der Waals surface area contributed by atoms with Gasteiger partial charge in [-0.15, -0.1) is 5.10 Å². The summed E-state index contributed by atoms with van der Waals surface area (Å²) in [4.78, 5) is 32.4. The average Bonchev–Trinajstić information content (AvgIpc) is 3.66. The first-order valence-corrected chi connectivity index (χ1v) is 14.4. The van der Waals surface area contributed by atoms with Gasteiger partial charge in [0.05, 0.1) is 18.8 Å². The average molecular weight is 664 g/mol. The summed E-state index contributed by atoms with van der Waals surface area (Å²) >= 11 is 12.7. The van der Waals surface area contributed by atoms with Gasteiger partial charge in [-0.1, -0.05) is 36.0 Å². The van der Waals surface area contributed by atoms with E-state index in [0.29, 0.717) is 28.5 Å². The van der Waals surface area contributed by atoms with Crippen LogP contribution in [0.5, 0.6) is 0 Å². The number of nitrogens with zero attached hydrogens (tertiary/aromatic N) is 5. The quantitative estimate of drug-likeness (QED) is 0.181. The number of carbonyl (C=O) groups is 2. The molecule has 5 rings (SSSR count). The van der Waals surface area contributed by atoms with Crippen LogP contribution in [0.4, 0.5) is 29.3 Å². The van der Waals surface area contributed by atoms with E-state index in [1.165, 1.54) is 42.4 Å². The number of hydrogen-bond acceptors (Lipinski definition) is 8. The van der Waals surface area contributed by atoms with Crippen LogP contribution in [0.1, 0.15) is 43.1 Å². The van der Waals surface area contributed by atoms with Crippen molar-refractivity contribution in [2.24, 2.45) is 0 Å². The van der Waals surface area contributed by atoms with Crippen molar-refractivity contribution in [1.82, 2.24) is 35.5 Å². The lowest BCUT2D eigenvalue weighted by Gasteiger charge is -2.25. The summed E-state index contributed by atoms with van der Waals surface area (Å²) in [6.45, 7) is 0. The lowest BCUT2D eigenvalue weighted by molar-refractivity contribution is -0.144. The highest BCUT2D eigenvalue weighted by molar-refractivity contribution is 6.32. The summed E-state index contributed by atoms with van der Waals surface area (Å²) in [5.74, 6) is -0.165. The molecular formula is C28H26Cl2F3N9O3. The van der Waals surface area contributed by atoms with Crippen molar-refractivity contribution in [3.05, 3.63) is 70.4 Å². The maximum absolute atomic E-state index is 14.1. The second-order valence-corrected chi connectivity index (χ2v) is 10.9. The first kappa shape index (κ1) is 31.8. The fraction of sp³-hybridized carbons (Fsp3) is 0.286. The standard InChI is InChI=1S/C28H26Cl2F3N9O3/c1-45-27(44)35-17-8-9-18-20(13-17)36-22(28(31,32)33)5-3-2-4-19(26-38-24(18)25(30)39-26)37-23(43)11-6-15-12-16(29)7-10-21(15)42-14-34-40-41-42/h6-14,19,22,36H,2-5H2,1H3,(H,35,44)(H,37,43)(H,38,39)/b11-6+/t19-,22-/m0/s1. The van der Waals surface area contributed by atoms with Crippen LogP contribution in [0.3, 0.4) is 0 Å². The minimum Gasteiger partial charge on any atom is -0.453 e. The number of methoxy groups -OCH3 is 1. The Bertz CT molecular complexity index is 1710. The number of rotatable bonds is 5. The number of benzene rings is 2. The number of H-pyrrole nitrogens is 1. The monoisotopic (exact) mass is 663 g/mol. The summed E-state index contributed by atoms with van der Waals surface area (Å²) in [5.41, 5.74) is 1.82. The molecule has 4 N–H and O–H groups in total. The Hall–Kier alpha value is -4.63. The number of hydrogen-bond donors (Lipinski definition) is 4. The van der Waals surface area contributed by atoms with Gasteiger partial charge in [-0.05, 0) is 65.7 Å². The molecule has 0 saturated carbocycles. The van der Waals surface area contributed by atoms with Crippen LogP contribution < -0.4 is 16.0 Å². The molecule has 3 heterocycles. The molecule has 4 aromatic rings. The third-order valence-electron chi connectivity index (χ3n) is 6.99. The topological polar surface area (TPSA) is 152 Å². The SMILES string of the molecule is COC(=O)Nc1ccc2c(c1)N[C@H](C(F)(F)F)CCCC[C@H](NC(=O)/C=C/c1cc(Cl)ccc1-n1cnnn1)c1nc-2c(Cl)[nH]1. The normalized spacial score (nSPS) is 17.0. The minimum atomic E-state index is -4.58. The van der Waals surface area contributed by atoms with Crippen molar-refractivity contribution in [2.45, 2.75) is 43.9 Å². The first-order chi connectivity index (χ1) is 21.5. The van der Waals surface area contributed by atoms with E-state index in [1.807, 2.05) is 0 Å². The molecule has 1 aliphatic heterocycles. The van der Waals surface area contributed by atoms with E-state index < -0.39 is 30.3 Å². The van der Waals surface area contributed by atoms with Gasteiger partial charge in [-0.2, -0.15) is 17.9 Å². The largest absolute Gasteiger partial charge is 0.453 e. The van der Waals surface area contributed by atoms with E-state index in [1.54, 1.807) is 24.3 Å². The van der Waals surface area contributed by atoms with Crippen molar-refractivity contribution < 1.29 is 27.5 Å². The number of fused-ring (bicyclic) bond motifs is 4. The number of halogens is 5. The third kappa shape index (κ3) is 7.72. The van der Waals surface area contributed by atoms with Gasteiger partial charge in [0.25, 0.3) is 0 Å². The van der Waals surface area contributed by atoms with Gasteiger partial charge in [0.1, 0.15) is 29.0 Å². The molecule has 0 spiro atoms. The Morgan fingerprint density at radius 1 is 1.13 bits per heavy atom. The molecule has 2 amide bonds. The van der Waals surface area contributed by atoms with E-state index >= 15 is 0 Å². The second-order valence-electron chi connectivity index (χ2n) is 10.0. The molecule has 45 heavy (non-hydrogen) atoms. The number of tetrazole rings is 1. The zero-order chi connectivity index (χ0) is 32.1. The van der Waals surface area contributed by atoms with Crippen LogP contribution in [0, 0.1) is 0 Å². The van der Waals surface area contributed by atoms with Crippen molar-refractivity contribution in [1.29, 1.82) is 0 Å². The van der Waals surface area contributed by atoms with Crippen LogP contribution in [0.25, 0.3) is 23.0 Å². The van der Waals surface area contributed by atoms with Crippen molar-refractivity contribution in [3.8, 4) is 16.9 Å². The zero-order valence-electron chi connectivity index (χ0n) is 23.5. The molecule has 1 aliphatic rings. The van der Waals surface area contributed by atoms with Gasteiger partial charge in [-0.3, -0.25) is 10.1 Å². The Morgan fingerprint density at radius 2 is 1.93 bits per heavy atom. The molecule has 2 atom stereocenters. The summed E-state index contributed by atoms with van der Waals surface area (Å²) in [7, 11) is 1.17. The van der Waals surface area contributed by atoms with Crippen LogP contribution >= 0.6 is 23.2 Å². The molecule has 0 saturated heterocycles. The van der Waals surface area contributed by atoms with E-state index in [0.717, 1.165) is 0 Å². The van der Waals surface area contributed by atoms with Crippen molar-refractivity contribution >= 4 is 52.7 Å². The maximum Gasteiger partial charge on any atom is 0.411 e. The fourth-order valence-corrected chi connectivity index (χ4v) is 5.25. The van der Waals surface area contributed by atoms with Crippen molar-refractivity contribution in [2.75, 3.05) is 17.7 Å². The molecule has 0 aliphatic carbocycles. The zero-order valence-corrected chi connectivity index (χ0v) is 25.0. The Labute approximate surface area is 264 Å². The Kier molecular flexibility index (Phi) is 9.58. The molecule has 0 radical (unpaired) electrons. The molecule has 0 unspecified atom stereocenters. The molecule has 236 valence electrons. The number of imidazole rings is 1. The second kappa shape index (κ2) is 13.6. The van der Waals surface area contributed by atoms with Gasteiger partial charge < -0.3 is 20.4 Å². The fourth-order valence-electron chi connectivity index (χ4n) is 4.83. The molecular weight excluding hydrogens is 638 g/mol. The highest BCUT2D eigenvalue weighted by atomic mass is 35.5. The van der Waals surface area contributed by atoms with Crippen LogP contribution in [-0.2, 0) is 9.53 Å². The number of anilines is 2. The van der Waals surface area contributed by atoms with Gasteiger partial charge in [0, 0.05) is 33.6 Å². The smallest absolute Gasteiger partial charge is 0.411 e. The van der Waals surface area contributed by atoms with Crippen LogP contribution in [0.2, 0.25) is 10.2 Å². The number of nitrogens with one attached hydrogen (secondary N) is 4. The highest BCUT2D eigenvalue weighted by Crippen LogP contribution is 2.38. The molecule has 12 nitrogen and oxygen atoms in total. The Morgan fingerprint density at radius 3 is 2.67 bits per heavy atom. The predicted molar refractivity (Wildman–Crippen MR) is 161 cm³/mol. The highest BCUT2D eigenvalue weighted by Gasteiger charge is 2.40. The van der Waals surface area contributed by atoms with E-state index in [9.17, 15) is 22.8 Å². The molecule has 2 aromatic carbocycles. The minimum absolute atomic E-state index is 0.0511. The number of carbonyl (C=O) groups excluding carboxylic acids is 2. The number of alkyl halides is 3. The van der Waals surface area contributed by atoms with Gasteiger partial charge in [-0.25, -0.2) is 9.78 Å². The molecule has 17 heteroatoms. The third-order valence-corrected chi connectivity index (χ3v) is 7.50. The summed E-state index contributed by atoms with van der Waals surface area (Å²) < 4.78 is 48.3. The molecule has 2 aromatic heterocycles. The lowest BCUT2D eigenvalue weighted by Crippen LogP contribution is -2.36. The van der Waals surface area contributed by atoms with E-state index in [2.05, 4.69) is 46.2 Å². The van der Waals surface area contributed by atoms with Crippen molar-refractivity contribution in [3.63, 3.8) is 0 Å². The van der Waals surface area contributed by atoms with Crippen LogP contribution in [0.15, 0.2) is 48.8 Å². The summed E-state index contributed by atoms with van der Waals surface area (Å²) in [6.07, 6.45) is -0.538. The number of amides is 2. The molecule has 0 fully saturated rings. The predicted octanol–water partition coefficient (Wildman–Crippen LogP) is 6.33. The number of aromatic amines is 1. The molecule has 2 bridgehead atoms. The number of aromatic nitrogens is 6. The lowest BCUT2D eigenvalue weighted by atomic mass is 10.0. The van der Waals surface area contributed by atoms with E-state index in [4.69, 9.17) is 23.2 Å².